The van der Waals surface area contributed by atoms with Crippen LogP contribution in [-0.4, -0.2) is 19.0 Å². The molecule has 148 valence electrons. The molecule has 4 atom stereocenters. The molecule has 0 aromatic heterocycles. The number of fused-ring (bicyclic) bond motifs is 3. The summed E-state index contributed by atoms with van der Waals surface area (Å²) in [7, 11) is 1.47. The van der Waals surface area contributed by atoms with Gasteiger partial charge in [-0.2, -0.15) is 0 Å². The summed E-state index contributed by atoms with van der Waals surface area (Å²) in [6.45, 7) is 10.1. The van der Waals surface area contributed by atoms with Gasteiger partial charge in [0.25, 0.3) is 0 Å². The van der Waals surface area contributed by atoms with Gasteiger partial charge < -0.3 is 9.47 Å². The highest BCUT2D eigenvalue weighted by molar-refractivity contribution is 5.77. The van der Waals surface area contributed by atoms with E-state index in [1.807, 2.05) is 6.92 Å². The molecule has 1 saturated carbocycles. The summed E-state index contributed by atoms with van der Waals surface area (Å²) in [5.74, 6) is 0.0563. The molecule has 0 bridgehead atoms. The molecule has 0 radical (unpaired) electrons. The van der Waals surface area contributed by atoms with Crippen LogP contribution in [0.15, 0.2) is 18.2 Å². The van der Waals surface area contributed by atoms with Gasteiger partial charge in [-0.05, 0) is 60.1 Å². The summed E-state index contributed by atoms with van der Waals surface area (Å²) in [6.07, 6.45) is 3.19. The van der Waals surface area contributed by atoms with E-state index in [4.69, 9.17) is 9.47 Å². The number of hydrogen-bond donors (Lipinski definition) is 0. The van der Waals surface area contributed by atoms with E-state index in [-0.39, 0.29) is 29.4 Å². The van der Waals surface area contributed by atoms with Gasteiger partial charge in [0.15, 0.2) is 0 Å². The highest BCUT2D eigenvalue weighted by Gasteiger charge is 2.57. The Kier molecular flexibility index (Phi) is 5.13. The zero-order valence-corrected chi connectivity index (χ0v) is 17.4. The molecule has 27 heavy (non-hydrogen) atoms. The average molecular weight is 373 g/mol. The molecule has 2 aliphatic rings. The van der Waals surface area contributed by atoms with Crippen molar-refractivity contribution in [2.45, 2.75) is 77.7 Å². The molecule has 0 spiro atoms. The second-order valence-corrected chi connectivity index (χ2v) is 9.07. The summed E-state index contributed by atoms with van der Waals surface area (Å²) in [4.78, 5) is 24.6. The van der Waals surface area contributed by atoms with Crippen LogP contribution in [-0.2, 0) is 24.5 Å². The van der Waals surface area contributed by atoms with Gasteiger partial charge in [-0.1, -0.05) is 45.4 Å². The zero-order valence-electron chi connectivity index (χ0n) is 17.4. The molecule has 1 fully saturated rings. The van der Waals surface area contributed by atoms with E-state index < -0.39 is 5.41 Å². The highest BCUT2D eigenvalue weighted by Crippen LogP contribution is 2.60. The Labute approximate surface area is 162 Å². The molecule has 1 aromatic carbocycles. The third-order valence-electron chi connectivity index (χ3n) is 7.04. The van der Waals surface area contributed by atoms with Crippen LogP contribution in [0.2, 0.25) is 0 Å². The Morgan fingerprint density at radius 3 is 2.48 bits per heavy atom. The minimum Gasteiger partial charge on any atom is -0.469 e. The molecule has 2 aliphatic carbocycles. The first-order valence-corrected chi connectivity index (χ1v) is 10.0. The third kappa shape index (κ3) is 3.17. The lowest BCUT2D eigenvalue weighted by Crippen LogP contribution is -2.53. The molecule has 4 heteroatoms. The largest absolute Gasteiger partial charge is 0.469 e. The molecule has 0 N–H and O–H groups in total. The fourth-order valence-electron chi connectivity index (χ4n) is 5.57. The van der Waals surface area contributed by atoms with Gasteiger partial charge in [0, 0.05) is 6.92 Å². The molecule has 3 rings (SSSR count). The maximum absolute atomic E-state index is 12.7. The van der Waals surface area contributed by atoms with Crippen LogP contribution >= 0.6 is 0 Å². The van der Waals surface area contributed by atoms with Gasteiger partial charge in [-0.15, -0.1) is 0 Å². The topological polar surface area (TPSA) is 52.6 Å². The van der Waals surface area contributed by atoms with E-state index in [0.29, 0.717) is 12.3 Å². The molecule has 1 aromatic rings. The quantitative estimate of drug-likeness (QED) is 0.696. The molecule has 4 unspecified atom stereocenters. The fourth-order valence-corrected chi connectivity index (χ4v) is 5.57. The number of carbonyl (C=O) groups excluding carboxylic acids is 2. The molecule has 0 aliphatic heterocycles. The molecular formula is C23H32O4. The summed E-state index contributed by atoms with van der Waals surface area (Å²) in [5, 5.41) is 0. The summed E-state index contributed by atoms with van der Waals surface area (Å²) < 4.78 is 11.0. The van der Waals surface area contributed by atoms with Crippen LogP contribution < -0.4 is 0 Å². The lowest BCUT2D eigenvalue weighted by molar-refractivity contribution is -0.165. The van der Waals surface area contributed by atoms with Gasteiger partial charge in [0.2, 0.25) is 0 Å². The first kappa shape index (κ1) is 19.9. The second-order valence-electron chi connectivity index (χ2n) is 9.07. The number of rotatable bonds is 3. The Balaban J connectivity index is 2.16. The maximum atomic E-state index is 12.7. The maximum Gasteiger partial charge on any atom is 0.311 e. The van der Waals surface area contributed by atoms with E-state index in [1.165, 1.54) is 25.2 Å². The monoisotopic (exact) mass is 372 g/mol. The summed E-state index contributed by atoms with van der Waals surface area (Å²) in [6, 6.07) is 6.60. The van der Waals surface area contributed by atoms with Crippen molar-refractivity contribution in [3.05, 3.63) is 34.9 Å². The van der Waals surface area contributed by atoms with Crippen molar-refractivity contribution < 1.29 is 19.1 Å². The summed E-state index contributed by atoms with van der Waals surface area (Å²) >= 11 is 0. The standard InChI is InChI=1S/C23H32O4/c1-14(2)16-8-9-18-17(12-16)19(27-15(3)24)13-20-22(18,4)10-7-11-23(20,5)21(25)26-6/h8-9,12,14,19-20H,7,10-11,13H2,1-6H3. The first-order chi connectivity index (χ1) is 12.6. The SMILES string of the molecule is COC(=O)C1(C)CCCC2(C)c3ccc(C(C)C)cc3C(OC(C)=O)CC12. The Morgan fingerprint density at radius 1 is 1.19 bits per heavy atom. The molecule has 4 nitrogen and oxygen atoms in total. The number of hydrogen-bond acceptors (Lipinski definition) is 4. The smallest absolute Gasteiger partial charge is 0.311 e. The number of carbonyl (C=O) groups is 2. The molecule has 0 amide bonds. The molecule has 0 saturated heterocycles. The van der Waals surface area contributed by atoms with E-state index >= 15 is 0 Å². The van der Waals surface area contributed by atoms with Crippen molar-refractivity contribution in [2.24, 2.45) is 11.3 Å². The van der Waals surface area contributed by atoms with Crippen LogP contribution in [0.1, 0.15) is 89.0 Å². The molecule has 0 heterocycles. The minimum atomic E-state index is -0.561. The highest BCUT2D eigenvalue weighted by atomic mass is 16.5. The number of ether oxygens (including phenoxy) is 2. The van der Waals surface area contributed by atoms with E-state index in [0.717, 1.165) is 24.8 Å². The van der Waals surface area contributed by atoms with Crippen LogP contribution in [0.3, 0.4) is 0 Å². The summed E-state index contributed by atoms with van der Waals surface area (Å²) in [5.41, 5.74) is 2.91. The lowest BCUT2D eigenvalue weighted by atomic mass is 9.49. The third-order valence-corrected chi connectivity index (χ3v) is 7.04. The minimum absolute atomic E-state index is 0.0768. The van der Waals surface area contributed by atoms with Crippen molar-refractivity contribution >= 4 is 11.9 Å². The van der Waals surface area contributed by atoms with Gasteiger partial charge >= 0.3 is 11.9 Å². The van der Waals surface area contributed by atoms with Crippen molar-refractivity contribution in [1.82, 2.24) is 0 Å². The van der Waals surface area contributed by atoms with E-state index in [1.54, 1.807) is 0 Å². The average Bonchev–Trinajstić information content (AvgIpc) is 2.61. The predicted octanol–water partition coefficient (Wildman–Crippen LogP) is 5.06. The van der Waals surface area contributed by atoms with Gasteiger partial charge in [-0.3, -0.25) is 9.59 Å². The van der Waals surface area contributed by atoms with Crippen molar-refractivity contribution in [1.29, 1.82) is 0 Å². The van der Waals surface area contributed by atoms with Crippen LogP contribution in [0.4, 0.5) is 0 Å². The normalized spacial score (nSPS) is 32.4. The molecular weight excluding hydrogens is 340 g/mol. The zero-order chi connectivity index (χ0) is 20.0. The van der Waals surface area contributed by atoms with Crippen LogP contribution in [0.5, 0.6) is 0 Å². The second kappa shape index (κ2) is 6.96. The van der Waals surface area contributed by atoms with E-state index in [2.05, 4.69) is 39.0 Å². The Morgan fingerprint density at radius 2 is 1.89 bits per heavy atom. The van der Waals surface area contributed by atoms with Crippen LogP contribution in [0, 0.1) is 11.3 Å². The van der Waals surface area contributed by atoms with E-state index in [9.17, 15) is 9.59 Å². The Bertz CT molecular complexity index is 753. The fraction of sp³-hybridized carbons (Fsp3) is 0.652. The van der Waals surface area contributed by atoms with Crippen molar-refractivity contribution in [3.8, 4) is 0 Å². The van der Waals surface area contributed by atoms with Crippen molar-refractivity contribution in [2.75, 3.05) is 7.11 Å². The number of methoxy groups -OCH3 is 1. The van der Waals surface area contributed by atoms with Gasteiger partial charge in [0.05, 0.1) is 12.5 Å². The van der Waals surface area contributed by atoms with Crippen molar-refractivity contribution in [3.63, 3.8) is 0 Å². The lowest BCUT2D eigenvalue weighted by Gasteiger charge is -2.55. The van der Waals surface area contributed by atoms with Gasteiger partial charge in [-0.25, -0.2) is 0 Å². The first-order valence-electron chi connectivity index (χ1n) is 10.0. The van der Waals surface area contributed by atoms with Gasteiger partial charge in [0.1, 0.15) is 6.10 Å². The number of esters is 2. The predicted molar refractivity (Wildman–Crippen MR) is 104 cm³/mol. The Hall–Kier alpha value is -1.84. The number of benzene rings is 1. The van der Waals surface area contributed by atoms with Crippen LogP contribution in [0.25, 0.3) is 0 Å².